The molecule has 112 valence electrons. The lowest BCUT2D eigenvalue weighted by Gasteiger charge is -2.11. The van der Waals surface area contributed by atoms with Crippen molar-refractivity contribution in [2.24, 2.45) is 0 Å². The predicted molar refractivity (Wildman–Crippen MR) is 80.9 cm³/mol. The average molecular weight is 369 g/mol. The highest BCUT2D eigenvalue weighted by Gasteiger charge is 2.21. The molecule has 2 aromatic rings. The van der Waals surface area contributed by atoms with Gasteiger partial charge < -0.3 is 4.74 Å². The molecule has 0 aliphatic carbocycles. The van der Waals surface area contributed by atoms with Crippen molar-refractivity contribution >= 4 is 50.6 Å². The first-order valence-electron chi connectivity index (χ1n) is 5.38. The SMILES string of the molecule is COc1cc(Cl)ccc1S(=O)(=O)Nc1cc(Cl)nc(Cl)n1. The van der Waals surface area contributed by atoms with Crippen molar-refractivity contribution in [3.63, 3.8) is 0 Å². The molecule has 10 heteroatoms. The summed E-state index contributed by atoms with van der Waals surface area (Å²) in [5.74, 6) is 0.0400. The van der Waals surface area contributed by atoms with Crippen LogP contribution in [-0.2, 0) is 10.0 Å². The molecule has 0 saturated carbocycles. The molecule has 0 saturated heterocycles. The van der Waals surface area contributed by atoms with Crippen LogP contribution in [0.15, 0.2) is 29.2 Å². The number of sulfonamides is 1. The van der Waals surface area contributed by atoms with Crippen LogP contribution in [0.5, 0.6) is 5.75 Å². The van der Waals surface area contributed by atoms with Gasteiger partial charge in [-0.2, -0.15) is 4.98 Å². The molecule has 0 atom stereocenters. The van der Waals surface area contributed by atoms with E-state index < -0.39 is 10.0 Å². The molecule has 1 aromatic heterocycles. The zero-order valence-corrected chi connectivity index (χ0v) is 13.6. The van der Waals surface area contributed by atoms with Gasteiger partial charge in [0, 0.05) is 17.2 Å². The van der Waals surface area contributed by atoms with Crippen LogP contribution >= 0.6 is 34.8 Å². The number of rotatable bonds is 4. The van der Waals surface area contributed by atoms with E-state index in [1.165, 1.54) is 31.4 Å². The number of methoxy groups -OCH3 is 1. The van der Waals surface area contributed by atoms with E-state index in [1.54, 1.807) is 0 Å². The molecule has 0 unspecified atom stereocenters. The van der Waals surface area contributed by atoms with Crippen LogP contribution in [0, 0.1) is 0 Å². The summed E-state index contributed by atoms with van der Waals surface area (Å²) in [5, 5.41) is 0.179. The first kappa shape index (κ1) is 16.1. The number of nitrogens with one attached hydrogen (secondary N) is 1. The third kappa shape index (κ3) is 3.88. The van der Waals surface area contributed by atoms with Gasteiger partial charge in [0.2, 0.25) is 5.28 Å². The largest absolute Gasteiger partial charge is 0.495 e. The highest BCUT2D eigenvalue weighted by Crippen LogP contribution is 2.28. The molecule has 0 aliphatic rings. The van der Waals surface area contributed by atoms with Crippen LogP contribution < -0.4 is 9.46 Å². The molecule has 0 aliphatic heterocycles. The number of nitrogens with zero attached hydrogens (tertiary/aromatic N) is 2. The fourth-order valence-corrected chi connectivity index (χ4v) is 3.21. The van der Waals surface area contributed by atoms with E-state index in [9.17, 15) is 8.42 Å². The molecular formula is C11H8Cl3N3O3S. The Bertz CT molecular complexity index is 763. The van der Waals surface area contributed by atoms with Crippen molar-refractivity contribution < 1.29 is 13.2 Å². The summed E-state index contributed by atoms with van der Waals surface area (Å²) >= 11 is 17.1. The number of ether oxygens (including phenoxy) is 1. The van der Waals surface area contributed by atoms with Crippen molar-refractivity contribution in [3.05, 3.63) is 39.7 Å². The van der Waals surface area contributed by atoms with E-state index in [0.717, 1.165) is 0 Å². The summed E-state index contributed by atoms with van der Waals surface area (Å²) in [4.78, 5) is 7.26. The monoisotopic (exact) mass is 367 g/mol. The minimum atomic E-state index is -3.95. The highest BCUT2D eigenvalue weighted by atomic mass is 35.5. The van der Waals surface area contributed by atoms with Crippen molar-refractivity contribution in [2.75, 3.05) is 11.8 Å². The second kappa shape index (κ2) is 6.23. The van der Waals surface area contributed by atoms with Crippen LogP contribution in [-0.4, -0.2) is 25.5 Å². The van der Waals surface area contributed by atoms with E-state index in [0.29, 0.717) is 5.02 Å². The van der Waals surface area contributed by atoms with E-state index in [4.69, 9.17) is 39.5 Å². The molecule has 1 heterocycles. The van der Waals surface area contributed by atoms with Gasteiger partial charge in [-0.3, -0.25) is 4.72 Å². The molecule has 0 amide bonds. The molecule has 1 aromatic carbocycles. The van der Waals surface area contributed by atoms with Crippen molar-refractivity contribution in [1.29, 1.82) is 0 Å². The first-order valence-corrected chi connectivity index (χ1v) is 8.00. The summed E-state index contributed by atoms with van der Waals surface area (Å²) in [6.45, 7) is 0. The minimum absolute atomic E-state index is 0.00997. The Labute approximate surface area is 136 Å². The van der Waals surface area contributed by atoms with Crippen molar-refractivity contribution in [3.8, 4) is 5.75 Å². The molecule has 0 spiro atoms. The van der Waals surface area contributed by atoms with Gasteiger partial charge in [-0.05, 0) is 23.7 Å². The lowest BCUT2D eigenvalue weighted by molar-refractivity contribution is 0.403. The second-order valence-electron chi connectivity index (χ2n) is 3.75. The van der Waals surface area contributed by atoms with Crippen LogP contribution in [0.25, 0.3) is 0 Å². The maximum Gasteiger partial charge on any atom is 0.266 e. The topological polar surface area (TPSA) is 81.2 Å². The quantitative estimate of drug-likeness (QED) is 0.662. The standard InChI is InChI=1S/C11H8Cl3N3O3S/c1-20-7-4-6(12)2-3-8(7)21(18,19)17-10-5-9(13)15-11(14)16-10/h2-5H,1H3,(H,15,16,17). The third-order valence-corrected chi connectivity index (χ3v) is 4.31. The average Bonchev–Trinajstić information content (AvgIpc) is 2.36. The normalized spacial score (nSPS) is 11.2. The lowest BCUT2D eigenvalue weighted by Crippen LogP contribution is -2.15. The van der Waals surface area contributed by atoms with Gasteiger partial charge in [-0.15, -0.1) is 0 Å². The van der Waals surface area contributed by atoms with Gasteiger partial charge in [0.15, 0.2) is 0 Å². The van der Waals surface area contributed by atoms with E-state index in [2.05, 4.69) is 14.7 Å². The van der Waals surface area contributed by atoms with Crippen LogP contribution in [0.1, 0.15) is 0 Å². The van der Waals surface area contributed by atoms with E-state index >= 15 is 0 Å². The smallest absolute Gasteiger partial charge is 0.266 e. The second-order valence-corrected chi connectivity index (χ2v) is 6.56. The van der Waals surface area contributed by atoms with Gasteiger partial charge >= 0.3 is 0 Å². The lowest BCUT2D eigenvalue weighted by atomic mass is 10.3. The van der Waals surface area contributed by atoms with Crippen LogP contribution in [0.2, 0.25) is 15.5 Å². The summed E-state index contributed by atoms with van der Waals surface area (Å²) in [5.41, 5.74) is 0. The fourth-order valence-electron chi connectivity index (χ4n) is 1.50. The van der Waals surface area contributed by atoms with E-state index in [1.807, 2.05) is 0 Å². The number of benzene rings is 1. The third-order valence-electron chi connectivity index (χ3n) is 2.32. The number of halogens is 3. The molecule has 0 bridgehead atoms. The maximum atomic E-state index is 12.3. The Balaban J connectivity index is 2.43. The molecule has 0 fully saturated rings. The van der Waals surface area contributed by atoms with Crippen molar-refractivity contribution in [1.82, 2.24) is 9.97 Å². The van der Waals surface area contributed by atoms with Crippen molar-refractivity contribution in [2.45, 2.75) is 4.90 Å². The molecular weight excluding hydrogens is 361 g/mol. The Morgan fingerprint density at radius 3 is 2.48 bits per heavy atom. The Kier molecular flexibility index (Phi) is 4.77. The zero-order chi connectivity index (χ0) is 15.6. The maximum absolute atomic E-state index is 12.3. The molecule has 2 rings (SSSR count). The number of hydrogen-bond acceptors (Lipinski definition) is 5. The summed E-state index contributed by atoms with van der Waals surface area (Å²) in [7, 11) is -2.61. The van der Waals surface area contributed by atoms with E-state index in [-0.39, 0.29) is 26.9 Å². The highest BCUT2D eigenvalue weighted by molar-refractivity contribution is 7.92. The van der Waals surface area contributed by atoms with Gasteiger partial charge in [-0.1, -0.05) is 23.2 Å². The Morgan fingerprint density at radius 2 is 1.86 bits per heavy atom. The summed E-state index contributed by atoms with van der Waals surface area (Å²) in [6.07, 6.45) is 0. The number of hydrogen-bond donors (Lipinski definition) is 1. The molecule has 1 N–H and O–H groups in total. The summed E-state index contributed by atoms with van der Waals surface area (Å²) in [6, 6.07) is 5.36. The molecule has 0 radical (unpaired) electrons. The van der Waals surface area contributed by atoms with Crippen LogP contribution in [0.3, 0.4) is 0 Å². The van der Waals surface area contributed by atoms with Gasteiger partial charge in [0.05, 0.1) is 7.11 Å². The number of aromatic nitrogens is 2. The zero-order valence-electron chi connectivity index (χ0n) is 10.5. The number of anilines is 1. The Morgan fingerprint density at radius 1 is 1.14 bits per heavy atom. The van der Waals surface area contributed by atoms with Gasteiger partial charge in [0.1, 0.15) is 21.6 Å². The first-order chi connectivity index (χ1) is 9.81. The van der Waals surface area contributed by atoms with Gasteiger partial charge in [-0.25, -0.2) is 13.4 Å². The summed E-state index contributed by atoms with van der Waals surface area (Å²) < 4.78 is 31.9. The molecule has 6 nitrogen and oxygen atoms in total. The van der Waals surface area contributed by atoms with Crippen LogP contribution in [0.4, 0.5) is 5.82 Å². The minimum Gasteiger partial charge on any atom is -0.495 e. The predicted octanol–water partition coefficient (Wildman–Crippen LogP) is 3.25. The van der Waals surface area contributed by atoms with Gasteiger partial charge in [0.25, 0.3) is 10.0 Å². The fraction of sp³-hybridized carbons (Fsp3) is 0.0909. The Hall–Kier alpha value is -1.28. The molecule has 21 heavy (non-hydrogen) atoms.